The molecular weight excluding hydrogens is 501 g/mol. The number of hydrazone groups is 1. The summed E-state index contributed by atoms with van der Waals surface area (Å²) in [6.07, 6.45) is 1.68. The number of aromatic nitrogens is 1. The molecule has 0 aliphatic carbocycles. The highest BCUT2D eigenvalue weighted by molar-refractivity contribution is 7.14. The summed E-state index contributed by atoms with van der Waals surface area (Å²) >= 11 is 19.6. The molecule has 0 amide bonds. The third-order valence-electron chi connectivity index (χ3n) is 4.58. The molecule has 9 heteroatoms. The number of rotatable bonds is 8. The molecule has 0 bridgehead atoms. The lowest BCUT2D eigenvalue weighted by molar-refractivity contribution is 0.284. The second kappa shape index (κ2) is 10.9. The molecule has 33 heavy (non-hydrogen) atoms. The van der Waals surface area contributed by atoms with Gasteiger partial charge in [0.1, 0.15) is 6.61 Å². The topological polar surface area (TPSA) is 55.7 Å². The lowest BCUT2D eigenvalue weighted by Gasteiger charge is -2.11. The van der Waals surface area contributed by atoms with Crippen LogP contribution in [0.3, 0.4) is 0 Å². The van der Waals surface area contributed by atoms with E-state index < -0.39 is 0 Å². The first-order valence-electron chi connectivity index (χ1n) is 9.77. The molecule has 168 valence electrons. The van der Waals surface area contributed by atoms with E-state index in [0.717, 1.165) is 22.4 Å². The van der Waals surface area contributed by atoms with Gasteiger partial charge in [0, 0.05) is 21.0 Å². The smallest absolute Gasteiger partial charge is 0.203 e. The Bertz CT molecular complexity index is 1280. The zero-order valence-corrected chi connectivity index (χ0v) is 20.5. The normalized spacial score (nSPS) is 11.0. The molecular formula is C24H18Cl3N3O2S. The molecule has 0 aliphatic heterocycles. The summed E-state index contributed by atoms with van der Waals surface area (Å²) in [5.74, 6) is 1.25. The Morgan fingerprint density at radius 1 is 0.970 bits per heavy atom. The average molecular weight is 519 g/mol. The van der Waals surface area contributed by atoms with Crippen LogP contribution in [-0.4, -0.2) is 18.3 Å². The molecule has 1 heterocycles. The van der Waals surface area contributed by atoms with Gasteiger partial charge in [-0.05, 0) is 59.7 Å². The van der Waals surface area contributed by atoms with Crippen LogP contribution in [0, 0.1) is 0 Å². The van der Waals surface area contributed by atoms with Crippen molar-refractivity contribution in [1.82, 2.24) is 4.98 Å². The average Bonchev–Trinajstić information content (AvgIpc) is 3.27. The van der Waals surface area contributed by atoms with Crippen molar-refractivity contribution >= 4 is 57.5 Å². The molecule has 1 aromatic heterocycles. The molecule has 0 unspecified atom stereocenters. The van der Waals surface area contributed by atoms with Crippen molar-refractivity contribution in [3.63, 3.8) is 0 Å². The highest BCUT2D eigenvalue weighted by Crippen LogP contribution is 2.32. The van der Waals surface area contributed by atoms with Crippen molar-refractivity contribution in [1.29, 1.82) is 0 Å². The fourth-order valence-electron chi connectivity index (χ4n) is 2.93. The zero-order valence-electron chi connectivity index (χ0n) is 17.4. The fourth-order valence-corrected chi connectivity index (χ4v) is 4.22. The van der Waals surface area contributed by atoms with Gasteiger partial charge in [-0.1, -0.05) is 46.9 Å². The highest BCUT2D eigenvalue weighted by Gasteiger charge is 2.09. The predicted molar refractivity (Wildman–Crippen MR) is 138 cm³/mol. The predicted octanol–water partition coefficient (Wildman–Crippen LogP) is 7.80. The van der Waals surface area contributed by atoms with E-state index in [1.54, 1.807) is 25.5 Å². The first-order valence-corrected chi connectivity index (χ1v) is 11.8. The van der Waals surface area contributed by atoms with Crippen LogP contribution in [0.4, 0.5) is 5.13 Å². The number of halogens is 3. The Hall–Kier alpha value is -2.77. The molecule has 0 saturated heterocycles. The van der Waals surface area contributed by atoms with E-state index in [4.69, 9.17) is 44.3 Å². The molecule has 0 saturated carbocycles. The third-order valence-corrected chi connectivity index (χ3v) is 6.13. The van der Waals surface area contributed by atoms with Crippen molar-refractivity contribution in [3.8, 4) is 22.8 Å². The summed E-state index contributed by atoms with van der Waals surface area (Å²) in [5.41, 5.74) is 6.36. The summed E-state index contributed by atoms with van der Waals surface area (Å²) in [6, 6.07) is 18.4. The molecule has 0 atom stereocenters. The Kier molecular flexibility index (Phi) is 7.73. The van der Waals surface area contributed by atoms with Gasteiger partial charge in [0.05, 0.1) is 24.0 Å². The maximum absolute atomic E-state index is 6.27. The SMILES string of the molecule is COc1cc(/C=N\Nc2nc(-c3ccc(Cl)cc3Cl)cs2)ccc1OCc1ccc(Cl)cc1. The minimum absolute atomic E-state index is 0.409. The molecule has 0 spiro atoms. The largest absolute Gasteiger partial charge is 0.493 e. The van der Waals surface area contributed by atoms with Crippen LogP contribution in [0.1, 0.15) is 11.1 Å². The summed E-state index contributed by atoms with van der Waals surface area (Å²) < 4.78 is 11.4. The third kappa shape index (κ3) is 6.18. The molecule has 0 aliphatic rings. The number of anilines is 1. The van der Waals surface area contributed by atoms with E-state index in [2.05, 4.69) is 15.5 Å². The fraction of sp³-hybridized carbons (Fsp3) is 0.0833. The molecule has 0 fully saturated rings. The summed E-state index contributed by atoms with van der Waals surface area (Å²) in [7, 11) is 1.60. The van der Waals surface area contributed by atoms with E-state index >= 15 is 0 Å². The number of nitrogens with zero attached hydrogens (tertiary/aromatic N) is 2. The van der Waals surface area contributed by atoms with Crippen molar-refractivity contribution < 1.29 is 9.47 Å². The number of hydrogen-bond acceptors (Lipinski definition) is 6. The van der Waals surface area contributed by atoms with E-state index in [1.165, 1.54) is 11.3 Å². The Morgan fingerprint density at radius 2 is 1.76 bits per heavy atom. The van der Waals surface area contributed by atoms with Crippen molar-refractivity contribution in [2.75, 3.05) is 12.5 Å². The lowest BCUT2D eigenvalue weighted by Crippen LogP contribution is -1.98. The van der Waals surface area contributed by atoms with Crippen LogP contribution >= 0.6 is 46.1 Å². The number of benzene rings is 3. The Morgan fingerprint density at radius 3 is 2.52 bits per heavy atom. The van der Waals surface area contributed by atoms with Crippen molar-refractivity contribution in [2.45, 2.75) is 6.61 Å². The van der Waals surface area contributed by atoms with Gasteiger partial charge in [-0.25, -0.2) is 4.98 Å². The molecule has 1 N–H and O–H groups in total. The zero-order chi connectivity index (χ0) is 23.2. The number of hydrogen-bond donors (Lipinski definition) is 1. The van der Waals surface area contributed by atoms with Crippen LogP contribution in [0.5, 0.6) is 11.5 Å². The maximum atomic E-state index is 6.27. The summed E-state index contributed by atoms with van der Waals surface area (Å²) in [4.78, 5) is 4.52. The van der Waals surface area contributed by atoms with Crippen molar-refractivity contribution in [2.24, 2.45) is 5.10 Å². The maximum Gasteiger partial charge on any atom is 0.203 e. The van der Waals surface area contributed by atoms with Gasteiger partial charge in [0.15, 0.2) is 11.5 Å². The minimum Gasteiger partial charge on any atom is -0.493 e. The van der Waals surface area contributed by atoms with Gasteiger partial charge in [-0.2, -0.15) is 5.10 Å². The molecule has 0 radical (unpaired) electrons. The second-order valence-corrected chi connectivity index (χ2v) is 9.00. The molecule has 3 aromatic carbocycles. The standard InChI is InChI=1S/C24H18Cl3N3O2S/c1-31-23-10-16(4-9-22(23)32-13-15-2-5-17(25)6-3-15)12-28-30-24-29-21(14-33-24)19-8-7-18(26)11-20(19)27/h2-12,14H,13H2,1H3,(H,29,30)/b28-12-. The second-order valence-electron chi connectivity index (χ2n) is 6.86. The van der Waals surface area contributed by atoms with Crippen LogP contribution in [-0.2, 0) is 6.61 Å². The Balaban J connectivity index is 1.39. The van der Waals surface area contributed by atoms with Crippen LogP contribution in [0.15, 0.2) is 71.1 Å². The quantitative estimate of drug-likeness (QED) is 0.191. The van der Waals surface area contributed by atoms with Gasteiger partial charge in [0.2, 0.25) is 5.13 Å². The molecule has 4 rings (SSSR count). The first-order chi connectivity index (χ1) is 16.0. The lowest BCUT2D eigenvalue weighted by atomic mass is 10.2. The summed E-state index contributed by atoms with van der Waals surface area (Å²) in [6.45, 7) is 0.409. The number of methoxy groups -OCH3 is 1. The van der Waals surface area contributed by atoms with Crippen LogP contribution < -0.4 is 14.9 Å². The molecule has 5 nitrogen and oxygen atoms in total. The van der Waals surface area contributed by atoms with E-state index in [9.17, 15) is 0 Å². The van der Waals surface area contributed by atoms with Gasteiger partial charge in [-0.3, -0.25) is 5.43 Å². The first kappa shape index (κ1) is 23.4. The molecule has 4 aromatic rings. The van der Waals surface area contributed by atoms with Crippen LogP contribution in [0.25, 0.3) is 11.3 Å². The van der Waals surface area contributed by atoms with Gasteiger partial charge >= 0.3 is 0 Å². The number of ether oxygens (including phenoxy) is 2. The Labute approximate surface area is 210 Å². The van der Waals surface area contributed by atoms with Gasteiger partial charge in [-0.15, -0.1) is 11.3 Å². The summed E-state index contributed by atoms with van der Waals surface area (Å²) in [5, 5.41) is 8.64. The van der Waals surface area contributed by atoms with Crippen molar-refractivity contribution in [3.05, 3.63) is 92.2 Å². The van der Waals surface area contributed by atoms with Gasteiger partial charge in [0.25, 0.3) is 0 Å². The monoisotopic (exact) mass is 517 g/mol. The number of thiazole rings is 1. The number of nitrogens with one attached hydrogen (secondary N) is 1. The van der Waals surface area contributed by atoms with E-state index in [-0.39, 0.29) is 0 Å². The van der Waals surface area contributed by atoms with E-state index in [0.29, 0.717) is 38.3 Å². The van der Waals surface area contributed by atoms with Gasteiger partial charge < -0.3 is 9.47 Å². The van der Waals surface area contributed by atoms with E-state index in [1.807, 2.05) is 53.9 Å². The minimum atomic E-state index is 0.409. The van der Waals surface area contributed by atoms with Crippen LogP contribution in [0.2, 0.25) is 15.1 Å². The highest BCUT2D eigenvalue weighted by atomic mass is 35.5.